The van der Waals surface area contributed by atoms with Gasteiger partial charge in [0.25, 0.3) is 0 Å². The van der Waals surface area contributed by atoms with E-state index in [1.165, 1.54) is 44.2 Å². The standard InChI is InChI=1S/C16H25FN2O/c1-2-3-4-5-6-7-8-20-12-13-9-14(16(18)19)11-15(17)10-13/h9-11H,2-8,12H2,1H3,(H3,18,19). The van der Waals surface area contributed by atoms with E-state index in [1.807, 2.05) is 0 Å². The third-order valence-corrected chi connectivity index (χ3v) is 3.18. The molecule has 0 spiro atoms. The number of nitrogens with one attached hydrogen (secondary N) is 1. The van der Waals surface area contributed by atoms with Crippen LogP contribution in [0.25, 0.3) is 0 Å². The van der Waals surface area contributed by atoms with Crippen LogP contribution in [-0.2, 0) is 11.3 Å². The van der Waals surface area contributed by atoms with E-state index in [2.05, 4.69) is 6.92 Å². The molecule has 0 bridgehead atoms. The summed E-state index contributed by atoms with van der Waals surface area (Å²) in [5.41, 5.74) is 6.49. The molecular weight excluding hydrogens is 255 g/mol. The monoisotopic (exact) mass is 280 g/mol. The average Bonchev–Trinajstić information content (AvgIpc) is 2.41. The van der Waals surface area contributed by atoms with Gasteiger partial charge in [0.2, 0.25) is 0 Å². The Morgan fingerprint density at radius 1 is 1.15 bits per heavy atom. The van der Waals surface area contributed by atoms with E-state index >= 15 is 0 Å². The molecule has 4 heteroatoms. The fourth-order valence-electron chi connectivity index (χ4n) is 2.06. The Morgan fingerprint density at radius 3 is 2.55 bits per heavy atom. The molecule has 0 atom stereocenters. The van der Waals surface area contributed by atoms with Gasteiger partial charge in [0, 0.05) is 12.2 Å². The molecule has 3 N–H and O–H groups in total. The molecule has 0 saturated heterocycles. The lowest BCUT2D eigenvalue weighted by atomic mass is 10.1. The Balaban J connectivity index is 2.23. The van der Waals surface area contributed by atoms with Crippen LogP contribution in [0.5, 0.6) is 0 Å². The largest absolute Gasteiger partial charge is 0.384 e. The van der Waals surface area contributed by atoms with Gasteiger partial charge in [-0.25, -0.2) is 4.39 Å². The minimum absolute atomic E-state index is 0.123. The first-order valence-electron chi connectivity index (χ1n) is 7.35. The summed E-state index contributed by atoms with van der Waals surface area (Å²) >= 11 is 0. The first kappa shape index (κ1) is 16.6. The highest BCUT2D eigenvalue weighted by atomic mass is 19.1. The topological polar surface area (TPSA) is 59.1 Å². The molecule has 1 aromatic carbocycles. The minimum atomic E-state index is -0.379. The van der Waals surface area contributed by atoms with Gasteiger partial charge in [-0.2, -0.15) is 0 Å². The van der Waals surface area contributed by atoms with Crippen LogP contribution >= 0.6 is 0 Å². The van der Waals surface area contributed by atoms with Crippen LogP contribution in [-0.4, -0.2) is 12.4 Å². The van der Waals surface area contributed by atoms with Gasteiger partial charge in [-0.1, -0.05) is 39.0 Å². The number of amidine groups is 1. The average molecular weight is 280 g/mol. The van der Waals surface area contributed by atoms with Crippen molar-refractivity contribution in [3.05, 3.63) is 35.1 Å². The van der Waals surface area contributed by atoms with E-state index in [9.17, 15) is 4.39 Å². The normalized spacial score (nSPS) is 10.7. The van der Waals surface area contributed by atoms with Gasteiger partial charge in [-0.3, -0.25) is 5.41 Å². The molecule has 20 heavy (non-hydrogen) atoms. The van der Waals surface area contributed by atoms with E-state index in [0.717, 1.165) is 12.0 Å². The number of unbranched alkanes of at least 4 members (excludes halogenated alkanes) is 5. The van der Waals surface area contributed by atoms with E-state index in [0.29, 0.717) is 18.8 Å². The predicted molar refractivity (Wildman–Crippen MR) is 80.4 cm³/mol. The number of benzene rings is 1. The second-order valence-corrected chi connectivity index (χ2v) is 5.08. The number of nitrogens with two attached hydrogens (primary N) is 1. The molecule has 0 fully saturated rings. The third kappa shape index (κ3) is 6.66. The molecule has 0 radical (unpaired) electrons. The van der Waals surface area contributed by atoms with Gasteiger partial charge in [0.15, 0.2) is 0 Å². The second kappa shape index (κ2) is 9.48. The highest BCUT2D eigenvalue weighted by Crippen LogP contribution is 2.11. The molecule has 0 aliphatic heterocycles. The molecule has 0 amide bonds. The van der Waals surface area contributed by atoms with Crippen molar-refractivity contribution in [2.24, 2.45) is 5.73 Å². The van der Waals surface area contributed by atoms with Gasteiger partial charge in [0.1, 0.15) is 11.7 Å². The quantitative estimate of drug-likeness (QED) is 0.387. The summed E-state index contributed by atoms with van der Waals surface area (Å²) in [4.78, 5) is 0. The molecule has 0 heterocycles. The third-order valence-electron chi connectivity index (χ3n) is 3.18. The van der Waals surface area contributed by atoms with Crippen molar-refractivity contribution in [1.29, 1.82) is 5.41 Å². The summed E-state index contributed by atoms with van der Waals surface area (Å²) in [6.07, 6.45) is 7.33. The molecular formula is C16H25FN2O. The van der Waals surface area contributed by atoms with Crippen molar-refractivity contribution < 1.29 is 9.13 Å². The Morgan fingerprint density at radius 2 is 1.85 bits per heavy atom. The molecule has 3 nitrogen and oxygen atoms in total. The molecule has 0 aliphatic carbocycles. The Bertz CT molecular complexity index is 421. The number of rotatable bonds is 10. The van der Waals surface area contributed by atoms with Crippen LogP contribution in [0.2, 0.25) is 0 Å². The van der Waals surface area contributed by atoms with Gasteiger partial charge < -0.3 is 10.5 Å². The smallest absolute Gasteiger partial charge is 0.124 e. The Kier molecular flexibility index (Phi) is 7.88. The van der Waals surface area contributed by atoms with Gasteiger partial charge in [-0.05, 0) is 30.2 Å². The zero-order chi connectivity index (χ0) is 14.8. The maximum Gasteiger partial charge on any atom is 0.124 e. The van der Waals surface area contributed by atoms with E-state index in [4.69, 9.17) is 15.9 Å². The second-order valence-electron chi connectivity index (χ2n) is 5.08. The minimum Gasteiger partial charge on any atom is -0.384 e. The first-order chi connectivity index (χ1) is 9.63. The lowest BCUT2D eigenvalue weighted by Crippen LogP contribution is -2.12. The van der Waals surface area contributed by atoms with Gasteiger partial charge in [-0.15, -0.1) is 0 Å². The van der Waals surface area contributed by atoms with Crippen LogP contribution in [0.15, 0.2) is 18.2 Å². The Hall–Kier alpha value is -1.42. The molecule has 0 aliphatic rings. The molecule has 0 saturated carbocycles. The van der Waals surface area contributed by atoms with Crippen molar-refractivity contribution in [3.8, 4) is 0 Å². The fourth-order valence-corrected chi connectivity index (χ4v) is 2.06. The SMILES string of the molecule is CCCCCCCCOCc1cc(F)cc(C(=N)N)c1. The lowest BCUT2D eigenvalue weighted by Gasteiger charge is -2.07. The van der Waals surface area contributed by atoms with Gasteiger partial charge >= 0.3 is 0 Å². The highest BCUT2D eigenvalue weighted by Gasteiger charge is 2.03. The fraction of sp³-hybridized carbons (Fsp3) is 0.562. The van der Waals surface area contributed by atoms with Crippen LogP contribution in [0.4, 0.5) is 4.39 Å². The van der Waals surface area contributed by atoms with E-state index in [1.54, 1.807) is 6.07 Å². The molecule has 112 valence electrons. The summed E-state index contributed by atoms with van der Waals surface area (Å²) in [6, 6.07) is 4.39. The zero-order valence-corrected chi connectivity index (χ0v) is 12.3. The number of nitrogen functional groups attached to an aromatic ring is 1. The van der Waals surface area contributed by atoms with Crippen LogP contribution in [0.3, 0.4) is 0 Å². The van der Waals surface area contributed by atoms with Gasteiger partial charge in [0.05, 0.1) is 6.61 Å². The van der Waals surface area contributed by atoms with Crippen LogP contribution in [0, 0.1) is 11.2 Å². The zero-order valence-electron chi connectivity index (χ0n) is 12.3. The van der Waals surface area contributed by atoms with Crippen molar-refractivity contribution in [1.82, 2.24) is 0 Å². The number of hydrogen-bond acceptors (Lipinski definition) is 2. The summed E-state index contributed by atoms with van der Waals surface area (Å²) < 4.78 is 18.9. The number of ether oxygens (including phenoxy) is 1. The molecule has 1 rings (SSSR count). The molecule has 1 aromatic rings. The molecule has 0 unspecified atom stereocenters. The lowest BCUT2D eigenvalue weighted by molar-refractivity contribution is 0.116. The summed E-state index contributed by atoms with van der Waals surface area (Å²) in [6.45, 7) is 3.27. The van der Waals surface area contributed by atoms with Crippen LogP contribution < -0.4 is 5.73 Å². The van der Waals surface area contributed by atoms with E-state index in [-0.39, 0.29) is 11.7 Å². The summed E-state index contributed by atoms with van der Waals surface area (Å²) in [7, 11) is 0. The Labute approximate surface area is 120 Å². The highest BCUT2D eigenvalue weighted by molar-refractivity contribution is 5.95. The first-order valence-corrected chi connectivity index (χ1v) is 7.35. The molecule has 0 aromatic heterocycles. The summed E-state index contributed by atoms with van der Waals surface area (Å²) in [5, 5.41) is 7.32. The predicted octanol–water partition coefficient (Wildman–Crippen LogP) is 3.99. The van der Waals surface area contributed by atoms with E-state index < -0.39 is 0 Å². The van der Waals surface area contributed by atoms with Crippen molar-refractivity contribution >= 4 is 5.84 Å². The van der Waals surface area contributed by atoms with Crippen molar-refractivity contribution in [3.63, 3.8) is 0 Å². The maximum atomic E-state index is 13.3. The number of hydrogen-bond donors (Lipinski definition) is 2. The van der Waals surface area contributed by atoms with Crippen molar-refractivity contribution in [2.75, 3.05) is 6.61 Å². The number of halogens is 1. The summed E-state index contributed by atoms with van der Waals surface area (Å²) in [5.74, 6) is -0.502. The van der Waals surface area contributed by atoms with Crippen molar-refractivity contribution in [2.45, 2.75) is 52.1 Å². The maximum absolute atomic E-state index is 13.3. The van der Waals surface area contributed by atoms with Crippen LogP contribution in [0.1, 0.15) is 56.6 Å².